The lowest BCUT2D eigenvalue weighted by molar-refractivity contribution is -0.350. The smallest absolute Gasteiger partial charge is 0.370 e. The zero-order valence-electron chi connectivity index (χ0n) is 30.7. The highest BCUT2D eigenvalue weighted by molar-refractivity contribution is 5.89. The molecule has 0 amide bonds. The second-order valence-electron chi connectivity index (χ2n) is 14.8. The van der Waals surface area contributed by atoms with Crippen molar-refractivity contribution in [1.82, 2.24) is 0 Å². The van der Waals surface area contributed by atoms with Gasteiger partial charge in [-0.15, -0.1) is 0 Å². The van der Waals surface area contributed by atoms with Crippen LogP contribution in [0.25, 0.3) is 0 Å². The Labute approximate surface area is 313 Å². The molecule has 17 heteroatoms. The first-order valence-electron chi connectivity index (χ1n) is 18.7. The summed E-state index contributed by atoms with van der Waals surface area (Å²) in [6.45, 7) is 2.50. The molecule has 1 aromatic carbocycles. The van der Waals surface area contributed by atoms with Gasteiger partial charge in [-0.1, -0.05) is 57.2 Å². The number of methoxy groups -OCH3 is 1. The minimum Gasteiger partial charge on any atom is -0.469 e. The molecule has 2 saturated heterocycles. The molecule has 5 rings (SSSR count). The van der Waals surface area contributed by atoms with Crippen LogP contribution in [0.3, 0.4) is 0 Å². The van der Waals surface area contributed by atoms with Crippen molar-refractivity contribution in [3.8, 4) is 0 Å². The summed E-state index contributed by atoms with van der Waals surface area (Å²) in [5.41, 5.74) is 0.124. The third kappa shape index (κ3) is 9.94. The van der Waals surface area contributed by atoms with Crippen molar-refractivity contribution >= 4 is 17.9 Å². The van der Waals surface area contributed by atoms with E-state index in [1.54, 1.807) is 25.1 Å². The van der Waals surface area contributed by atoms with Gasteiger partial charge in [-0.2, -0.15) is 5.26 Å². The Kier molecular flexibility index (Phi) is 15.2. The van der Waals surface area contributed by atoms with Gasteiger partial charge in [-0.3, -0.25) is 9.68 Å². The maximum Gasteiger partial charge on any atom is 0.370 e. The Morgan fingerprint density at radius 2 is 1.54 bits per heavy atom. The number of hydrogen-bond donors (Lipinski definition) is 6. The van der Waals surface area contributed by atoms with Gasteiger partial charge < -0.3 is 58.7 Å². The summed E-state index contributed by atoms with van der Waals surface area (Å²) in [6.07, 6.45) is -13.6. The Morgan fingerprint density at radius 1 is 0.833 bits per heavy atom. The van der Waals surface area contributed by atoms with Crippen molar-refractivity contribution in [2.75, 3.05) is 13.7 Å². The molecule has 6 N–H and O–H groups in total. The number of aliphatic hydroxyl groups excluding tert-OH is 5. The highest BCUT2D eigenvalue weighted by atomic mass is 17.1. The molecule has 54 heavy (non-hydrogen) atoms. The molecule has 0 aromatic heterocycles. The molecule has 14 unspecified atom stereocenters. The van der Waals surface area contributed by atoms with Crippen LogP contribution in [0.5, 0.6) is 0 Å². The van der Waals surface area contributed by atoms with Crippen LogP contribution >= 0.6 is 0 Å². The van der Waals surface area contributed by atoms with Crippen LogP contribution in [0.4, 0.5) is 0 Å². The first-order chi connectivity index (χ1) is 25.9. The van der Waals surface area contributed by atoms with Crippen LogP contribution in [-0.4, -0.2) is 142 Å². The zero-order chi connectivity index (χ0) is 39.1. The SMILES string of the molecule is COC(=O)C1CC(C)C(OC2OC(C)C(O)C(O)C2O)C(OC2OC(CO)C(O)C(O[C@@H](CC3CCCCC3)C(=O)OO)C2OC(=O)c2ccccc2)C1. The fraction of sp³-hybridized carbons (Fsp3) is 0.757. The lowest BCUT2D eigenvalue weighted by Crippen LogP contribution is -2.64. The van der Waals surface area contributed by atoms with Crippen LogP contribution in [0, 0.1) is 17.8 Å². The van der Waals surface area contributed by atoms with Gasteiger partial charge in [-0.05, 0) is 50.2 Å². The van der Waals surface area contributed by atoms with Crippen LogP contribution in [-0.2, 0) is 47.6 Å². The average Bonchev–Trinajstić information content (AvgIpc) is 3.18. The van der Waals surface area contributed by atoms with E-state index in [1.165, 1.54) is 26.2 Å². The maximum atomic E-state index is 13.6. The van der Waals surface area contributed by atoms with E-state index in [1.807, 2.05) is 0 Å². The number of carbonyl (C=O) groups excluding carboxylic acids is 3. The standard InChI is InChI=1S/C37H54O17/c1-18-14-22(33(43)47-3)16-23(30(18)53-36-29(42)28(41)26(39)19(2)48-36)50-37-32(52-34(44)21-12-8-5-9-13-21)31(27(40)25(17-38)51-37)49-24(35(45)54-46)15-20-10-6-4-7-11-20/h5,8-9,12-13,18-20,22-32,36-42,46H,4,6-7,10-11,14-17H2,1-3H3/t18?,19?,22?,23?,24-,25?,26?,27?,28?,29?,30?,31?,32?,36?,37?/m0/s1. The molecular weight excluding hydrogens is 716 g/mol. The molecular formula is C37H54O17. The molecule has 2 aliphatic heterocycles. The van der Waals surface area contributed by atoms with Crippen LogP contribution in [0.2, 0.25) is 0 Å². The highest BCUT2D eigenvalue weighted by Crippen LogP contribution is 2.39. The number of benzene rings is 1. The predicted molar refractivity (Wildman–Crippen MR) is 182 cm³/mol. The summed E-state index contributed by atoms with van der Waals surface area (Å²) in [6, 6.07) is 7.91. The Bertz CT molecular complexity index is 1360. The van der Waals surface area contributed by atoms with Gasteiger partial charge in [0.2, 0.25) is 0 Å². The summed E-state index contributed by atoms with van der Waals surface area (Å²) >= 11 is 0. The second kappa shape index (κ2) is 19.4. The molecule has 2 heterocycles. The van der Waals surface area contributed by atoms with Gasteiger partial charge in [0.25, 0.3) is 0 Å². The van der Waals surface area contributed by atoms with Gasteiger partial charge in [0.1, 0.15) is 36.6 Å². The second-order valence-corrected chi connectivity index (χ2v) is 14.8. The molecule has 0 radical (unpaired) electrons. The highest BCUT2D eigenvalue weighted by Gasteiger charge is 2.54. The van der Waals surface area contributed by atoms with E-state index in [0.29, 0.717) is 0 Å². The fourth-order valence-corrected chi connectivity index (χ4v) is 8.01. The molecule has 4 aliphatic rings. The molecule has 17 nitrogen and oxygen atoms in total. The lowest BCUT2D eigenvalue weighted by Gasteiger charge is -2.48. The van der Waals surface area contributed by atoms with Crippen molar-refractivity contribution in [2.45, 2.75) is 145 Å². The van der Waals surface area contributed by atoms with Gasteiger partial charge >= 0.3 is 17.9 Å². The monoisotopic (exact) mass is 770 g/mol. The Balaban J connectivity index is 1.49. The van der Waals surface area contributed by atoms with Crippen LogP contribution in [0.15, 0.2) is 30.3 Å². The van der Waals surface area contributed by atoms with E-state index in [0.717, 1.165) is 32.1 Å². The van der Waals surface area contributed by atoms with E-state index in [2.05, 4.69) is 4.89 Å². The summed E-state index contributed by atoms with van der Waals surface area (Å²) in [7, 11) is 1.24. The van der Waals surface area contributed by atoms with E-state index in [4.69, 9.17) is 33.2 Å². The molecule has 2 aliphatic carbocycles. The van der Waals surface area contributed by atoms with Crippen molar-refractivity contribution in [1.29, 1.82) is 0 Å². The molecule has 2 saturated carbocycles. The van der Waals surface area contributed by atoms with Gasteiger partial charge in [0, 0.05) is 0 Å². The maximum absolute atomic E-state index is 13.6. The van der Waals surface area contributed by atoms with E-state index in [9.17, 15) is 45.2 Å². The summed E-state index contributed by atoms with van der Waals surface area (Å²) in [5, 5.41) is 62.8. The predicted octanol–water partition coefficient (Wildman–Crippen LogP) is 0.848. The molecule has 1 aromatic rings. The number of rotatable bonds is 13. The number of ether oxygens (including phenoxy) is 7. The number of carbonyl (C=O) groups is 3. The molecule has 0 spiro atoms. The molecule has 0 bridgehead atoms. The normalized spacial score (nSPS) is 38.2. The van der Waals surface area contributed by atoms with Gasteiger partial charge in [0.15, 0.2) is 24.8 Å². The van der Waals surface area contributed by atoms with Crippen LogP contribution < -0.4 is 0 Å². The summed E-state index contributed by atoms with van der Waals surface area (Å²) in [5.74, 6) is -3.70. The van der Waals surface area contributed by atoms with Gasteiger partial charge in [0.05, 0.1) is 43.5 Å². The first kappa shape index (κ1) is 42.3. The van der Waals surface area contributed by atoms with Crippen molar-refractivity contribution in [3.05, 3.63) is 35.9 Å². The van der Waals surface area contributed by atoms with Crippen molar-refractivity contribution in [2.24, 2.45) is 17.8 Å². The minimum atomic E-state index is -1.69. The van der Waals surface area contributed by atoms with E-state index in [-0.39, 0.29) is 30.7 Å². The van der Waals surface area contributed by atoms with E-state index < -0.39 is 116 Å². The van der Waals surface area contributed by atoms with E-state index >= 15 is 0 Å². The fourth-order valence-electron chi connectivity index (χ4n) is 8.01. The van der Waals surface area contributed by atoms with Crippen molar-refractivity contribution < 1.29 is 83.2 Å². The largest absolute Gasteiger partial charge is 0.469 e. The lowest BCUT2D eigenvalue weighted by atomic mass is 9.78. The average molecular weight is 771 g/mol. The third-order valence-electron chi connectivity index (χ3n) is 11.0. The number of esters is 2. The minimum absolute atomic E-state index is 0.0300. The van der Waals surface area contributed by atoms with Gasteiger partial charge in [-0.25, -0.2) is 9.59 Å². The molecule has 15 atom stereocenters. The molecule has 4 fully saturated rings. The Morgan fingerprint density at radius 3 is 2.19 bits per heavy atom. The quantitative estimate of drug-likeness (QED) is 0.0704. The Hall–Kier alpha value is -2.81. The van der Waals surface area contributed by atoms with Crippen LogP contribution in [0.1, 0.15) is 75.6 Å². The first-order valence-corrected chi connectivity index (χ1v) is 18.7. The summed E-state index contributed by atoms with van der Waals surface area (Å²) in [4.78, 5) is 43.5. The summed E-state index contributed by atoms with van der Waals surface area (Å²) < 4.78 is 41.7. The number of hydrogen-bond acceptors (Lipinski definition) is 17. The third-order valence-corrected chi connectivity index (χ3v) is 11.0. The van der Waals surface area contributed by atoms with Crippen molar-refractivity contribution in [3.63, 3.8) is 0 Å². The zero-order valence-corrected chi connectivity index (χ0v) is 30.7. The number of aliphatic hydroxyl groups is 5. The molecule has 304 valence electrons. The topological polar surface area (TPSA) is 246 Å².